The quantitative estimate of drug-likeness (QED) is 0.196. The van der Waals surface area contributed by atoms with Crippen LogP contribution in [0.2, 0.25) is 0 Å². The van der Waals surface area contributed by atoms with Gasteiger partial charge in [0.15, 0.2) is 17.2 Å². The maximum absolute atomic E-state index is 13.3. The molecule has 2 aliphatic heterocycles. The molecular formula is C41H52N8O4. The number of carbonyl (C=O) groups excluding carboxylic acids is 2. The summed E-state index contributed by atoms with van der Waals surface area (Å²) in [6.45, 7) is 8.67. The molecular weight excluding hydrogens is 669 g/mol. The summed E-state index contributed by atoms with van der Waals surface area (Å²) in [5.41, 5.74) is 7.46. The number of benzene rings is 1. The van der Waals surface area contributed by atoms with E-state index in [1.54, 1.807) is 17.8 Å². The number of hydrogen-bond acceptors (Lipinski definition) is 9. The van der Waals surface area contributed by atoms with Gasteiger partial charge >= 0.3 is 6.09 Å². The van der Waals surface area contributed by atoms with Crippen LogP contribution in [0.5, 0.6) is 0 Å². The molecule has 4 aromatic rings. The molecule has 2 amide bonds. The first-order chi connectivity index (χ1) is 25.5. The molecule has 12 heteroatoms. The fraction of sp³-hybridized carbons (Fsp3) is 0.537. The summed E-state index contributed by atoms with van der Waals surface area (Å²) in [5, 5.41) is 11.3. The van der Waals surface area contributed by atoms with Gasteiger partial charge in [-0.3, -0.25) is 9.78 Å². The second-order valence-electron chi connectivity index (χ2n) is 16.6. The normalized spacial score (nSPS) is 20.9. The number of fused-ring (bicyclic) bond motifs is 2. The third-order valence-corrected chi connectivity index (χ3v) is 12.0. The Labute approximate surface area is 311 Å². The van der Waals surface area contributed by atoms with Crippen molar-refractivity contribution in [2.24, 2.45) is 17.3 Å². The summed E-state index contributed by atoms with van der Waals surface area (Å²) in [6, 6.07) is 12.8. The topological polar surface area (TPSA) is 126 Å². The first-order valence-electron chi connectivity index (χ1n) is 19.2. The van der Waals surface area contributed by atoms with Gasteiger partial charge in [-0.1, -0.05) is 18.2 Å². The molecule has 2 saturated carbocycles. The molecule has 0 radical (unpaired) electrons. The smallest absolute Gasteiger partial charge is 0.410 e. The van der Waals surface area contributed by atoms with Crippen LogP contribution < -0.4 is 15.5 Å². The number of pyridine rings is 1. The molecule has 8 rings (SSSR count). The zero-order chi connectivity index (χ0) is 36.9. The molecule has 3 aromatic heterocycles. The average Bonchev–Trinajstić information content (AvgIpc) is 3.75. The van der Waals surface area contributed by atoms with Crippen molar-refractivity contribution >= 4 is 34.8 Å². The van der Waals surface area contributed by atoms with Gasteiger partial charge in [-0.2, -0.15) is 0 Å². The lowest BCUT2D eigenvalue weighted by Gasteiger charge is -2.52. The molecule has 53 heavy (non-hydrogen) atoms. The Morgan fingerprint density at radius 3 is 2.51 bits per heavy atom. The molecule has 3 fully saturated rings. The summed E-state index contributed by atoms with van der Waals surface area (Å²) in [6.07, 6.45) is 12.2. The Hall–Kier alpha value is -4.71. The Kier molecular flexibility index (Phi) is 9.28. The molecule has 4 aliphatic rings. The van der Waals surface area contributed by atoms with Crippen LogP contribution in [0.1, 0.15) is 80.9 Å². The predicted molar refractivity (Wildman–Crippen MR) is 205 cm³/mol. The van der Waals surface area contributed by atoms with Crippen LogP contribution in [-0.2, 0) is 22.3 Å². The van der Waals surface area contributed by atoms with E-state index in [4.69, 9.17) is 19.6 Å². The maximum Gasteiger partial charge on any atom is 0.410 e. The molecule has 1 saturated heterocycles. The van der Waals surface area contributed by atoms with Gasteiger partial charge < -0.3 is 29.9 Å². The molecule has 280 valence electrons. The van der Waals surface area contributed by atoms with Gasteiger partial charge in [0.05, 0.1) is 23.7 Å². The van der Waals surface area contributed by atoms with Crippen LogP contribution in [0.4, 0.5) is 22.0 Å². The van der Waals surface area contributed by atoms with E-state index in [-0.39, 0.29) is 18.1 Å². The number of carbonyl (C=O) groups is 2. The highest BCUT2D eigenvalue weighted by Crippen LogP contribution is 2.53. The van der Waals surface area contributed by atoms with Crippen molar-refractivity contribution in [1.29, 1.82) is 0 Å². The van der Waals surface area contributed by atoms with Gasteiger partial charge in [0, 0.05) is 69.8 Å². The minimum absolute atomic E-state index is 0.183. The number of imidazole rings is 1. The molecule has 5 heterocycles. The minimum Gasteiger partial charge on any atom is -0.444 e. The number of aromatic nitrogens is 4. The predicted octanol–water partition coefficient (Wildman–Crippen LogP) is 6.65. The van der Waals surface area contributed by atoms with Crippen LogP contribution in [0, 0.1) is 17.3 Å². The van der Waals surface area contributed by atoms with Crippen LogP contribution in [0.25, 0.3) is 16.9 Å². The lowest BCUT2D eigenvalue weighted by molar-refractivity contribution is -0.0270. The first-order valence-corrected chi connectivity index (χ1v) is 19.2. The Morgan fingerprint density at radius 1 is 1.02 bits per heavy atom. The molecule has 2 aliphatic carbocycles. The number of likely N-dealkylation sites (tertiary alicyclic amines) is 1. The second-order valence-corrected chi connectivity index (χ2v) is 16.6. The van der Waals surface area contributed by atoms with Crippen molar-refractivity contribution < 1.29 is 19.1 Å². The highest BCUT2D eigenvalue weighted by molar-refractivity contribution is 5.94. The SMILES string of the molecule is CNc1cc(N2CCc3c(-c4ccc(CC5CC6(CCN(C(=O)OC(C)(C)C)CC6)C5)cn4)cccc32)nn2c(C(=O)NCC3CC[C@H]3OC)cnc12. The van der Waals surface area contributed by atoms with E-state index >= 15 is 0 Å². The summed E-state index contributed by atoms with van der Waals surface area (Å²) in [4.78, 5) is 39.5. The number of rotatable bonds is 9. The van der Waals surface area contributed by atoms with Crippen molar-refractivity contribution in [1.82, 2.24) is 29.8 Å². The van der Waals surface area contributed by atoms with Gasteiger partial charge in [-0.25, -0.2) is 14.3 Å². The van der Waals surface area contributed by atoms with E-state index in [2.05, 4.69) is 57.0 Å². The van der Waals surface area contributed by atoms with Crippen LogP contribution >= 0.6 is 0 Å². The first kappa shape index (κ1) is 35.3. The molecule has 0 bridgehead atoms. The molecule has 12 nitrogen and oxygen atoms in total. The molecule has 1 aromatic carbocycles. The Balaban J connectivity index is 0.926. The van der Waals surface area contributed by atoms with Gasteiger partial charge in [0.1, 0.15) is 5.60 Å². The van der Waals surface area contributed by atoms with E-state index in [0.29, 0.717) is 35.1 Å². The highest BCUT2D eigenvalue weighted by atomic mass is 16.6. The van der Waals surface area contributed by atoms with E-state index < -0.39 is 5.60 Å². The lowest BCUT2D eigenvalue weighted by Crippen LogP contribution is -2.50. The fourth-order valence-corrected chi connectivity index (χ4v) is 8.98. The zero-order valence-electron chi connectivity index (χ0n) is 31.7. The van der Waals surface area contributed by atoms with Crippen molar-refractivity contribution in [2.75, 3.05) is 50.6 Å². The largest absolute Gasteiger partial charge is 0.444 e. The number of methoxy groups -OCH3 is 1. The van der Waals surface area contributed by atoms with Gasteiger partial charge in [-0.05, 0) is 107 Å². The van der Waals surface area contributed by atoms with E-state index in [1.165, 1.54) is 24.0 Å². The van der Waals surface area contributed by atoms with Crippen LogP contribution in [0.15, 0.2) is 48.8 Å². The van der Waals surface area contributed by atoms with Crippen LogP contribution in [-0.4, -0.2) is 88.5 Å². The third kappa shape index (κ3) is 6.93. The number of hydrogen-bond donors (Lipinski definition) is 2. The van der Waals surface area contributed by atoms with Crippen molar-refractivity contribution in [3.63, 3.8) is 0 Å². The summed E-state index contributed by atoms with van der Waals surface area (Å²) in [5.74, 6) is 1.55. The molecule has 1 unspecified atom stereocenters. The second kappa shape index (κ2) is 13.9. The minimum atomic E-state index is -0.459. The Morgan fingerprint density at radius 2 is 1.83 bits per heavy atom. The molecule has 2 atom stereocenters. The average molecular weight is 721 g/mol. The number of nitrogens with one attached hydrogen (secondary N) is 2. The van der Waals surface area contributed by atoms with Crippen molar-refractivity contribution in [3.8, 4) is 11.3 Å². The van der Waals surface area contributed by atoms with Gasteiger partial charge in [0.2, 0.25) is 0 Å². The number of nitrogens with zero attached hydrogens (tertiary/aromatic N) is 6. The van der Waals surface area contributed by atoms with Gasteiger partial charge in [0.25, 0.3) is 5.91 Å². The zero-order valence-corrected chi connectivity index (χ0v) is 31.7. The summed E-state index contributed by atoms with van der Waals surface area (Å²) >= 11 is 0. The maximum atomic E-state index is 13.3. The number of amides is 2. The standard InChI is InChI=1S/C41H52N8O4/c1-40(2,3)53-39(51)47-17-14-41(15-18-47)21-27(22-41)19-26-9-11-31(43-23-26)29-7-6-8-33-30(29)13-16-48(33)36-20-32(42-4)37-44-25-34(49(37)46-36)38(50)45-24-28-10-12-35(28)52-5/h6-9,11,20,23,25,27-28,35,42H,10,12-19,21-22,24H2,1-5H3,(H,45,50)/t28?,35-/m1/s1. The number of anilines is 3. The molecule has 2 N–H and O–H groups in total. The summed E-state index contributed by atoms with van der Waals surface area (Å²) < 4.78 is 12.8. The van der Waals surface area contributed by atoms with Crippen molar-refractivity contribution in [2.45, 2.75) is 83.8 Å². The lowest BCUT2D eigenvalue weighted by atomic mass is 9.56. The van der Waals surface area contributed by atoms with E-state index in [1.807, 2.05) is 38.8 Å². The van der Waals surface area contributed by atoms with Crippen LogP contribution in [0.3, 0.4) is 0 Å². The van der Waals surface area contributed by atoms with Gasteiger partial charge in [-0.15, -0.1) is 5.10 Å². The summed E-state index contributed by atoms with van der Waals surface area (Å²) in [7, 11) is 3.59. The highest BCUT2D eigenvalue weighted by Gasteiger charge is 2.46. The Bertz CT molecular complexity index is 1990. The number of ether oxygens (including phenoxy) is 2. The fourth-order valence-electron chi connectivity index (χ4n) is 8.98. The van der Waals surface area contributed by atoms with E-state index in [0.717, 1.165) is 86.6 Å². The third-order valence-electron chi connectivity index (χ3n) is 12.0. The monoisotopic (exact) mass is 720 g/mol. The van der Waals surface area contributed by atoms with E-state index in [9.17, 15) is 9.59 Å². The number of piperidine rings is 1. The molecule has 1 spiro atoms. The van der Waals surface area contributed by atoms with Crippen molar-refractivity contribution in [3.05, 3.63) is 65.6 Å².